The molecular formula is C27H29N7O5. The van der Waals surface area contributed by atoms with E-state index in [4.69, 9.17) is 9.47 Å². The van der Waals surface area contributed by atoms with Crippen molar-refractivity contribution in [1.82, 2.24) is 20.2 Å². The molecule has 0 aliphatic rings. The number of anilines is 4. The summed E-state index contributed by atoms with van der Waals surface area (Å²) in [6, 6.07) is 15.6. The van der Waals surface area contributed by atoms with E-state index in [-0.39, 0.29) is 35.6 Å². The van der Waals surface area contributed by atoms with E-state index < -0.39 is 16.6 Å². The minimum absolute atomic E-state index is 0.0762. The van der Waals surface area contributed by atoms with Crippen LogP contribution in [0.2, 0.25) is 0 Å². The van der Waals surface area contributed by atoms with E-state index >= 15 is 0 Å². The first kappa shape index (κ1) is 27.0. The number of amides is 1. The summed E-state index contributed by atoms with van der Waals surface area (Å²) in [5, 5.41) is 21.4. The van der Waals surface area contributed by atoms with E-state index in [0.29, 0.717) is 11.4 Å². The Kier molecular flexibility index (Phi) is 7.75. The highest BCUT2D eigenvalue weighted by Crippen LogP contribution is 2.35. The number of benzene rings is 2. The third kappa shape index (κ3) is 6.86. The van der Waals surface area contributed by atoms with Crippen LogP contribution < -0.4 is 15.0 Å². The average molecular weight is 532 g/mol. The number of rotatable bonds is 8. The Morgan fingerprint density at radius 3 is 2.51 bits per heavy atom. The van der Waals surface area contributed by atoms with Crippen molar-refractivity contribution in [2.75, 3.05) is 10.2 Å². The number of hydrogen-bond donors (Lipinski definition) is 2. The van der Waals surface area contributed by atoms with Gasteiger partial charge in [-0.15, -0.1) is 0 Å². The maximum absolute atomic E-state index is 13.5. The highest BCUT2D eigenvalue weighted by atomic mass is 16.6. The molecular weight excluding hydrogens is 502 g/mol. The molecule has 0 bridgehead atoms. The van der Waals surface area contributed by atoms with Crippen LogP contribution in [0.25, 0.3) is 0 Å². The molecule has 4 aromatic rings. The van der Waals surface area contributed by atoms with Crippen LogP contribution in [0, 0.1) is 24.0 Å². The number of aryl methyl sites for hydroxylation is 2. The molecule has 2 heterocycles. The number of nitro groups is 1. The van der Waals surface area contributed by atoms with Crippen molar-refractivity contribution in [2.24, 2.45) is 0 Å². The lowest BCUT2D eigenvalue weighted by molar-refractivity contribution is -0.384. The second kappa shape index (κ2) is 11.2. The van der Waals surface area contributed by atoms with Gasteiger partial charge in [0.2, 0.25) is 5.95 Å². The molecule has 2 aromatic carbocycles. The number of aromatic amines is 1. The minimum Gasteiger partial charge on any atom is -0.483 e. The van der Waals surface area contributed by atoms with Gasteiger partial charge in [0.25, 0.3) is 5.69 Å². The Labute approximate surface area is 225 Å². The van der Waals surface area contributed by atoms with Crippen LogP contribution in [-0.2, 0) is 11.3 Å². The largest absolute Gasteiger partial charge is 0.483 e. The van der Waals surface area contributed by atoms with Crippen molar-refractivity contribution < 1.29 is 19.2 Å². The molecule has 12 nitrogen and oxygen atoms in total. The number of nitrogens with zero attached hydrogens (tertiary/aromatic N) is 5. The van der Waals surface area contributed by atoms with Gasteiger partial charge < -0.3 is 14.8 Å². The van der Waals surface area contributed by atoms with Gasteiger partial charge in [0.05, 0.1) is 16.8 Å². The van der Waals surface area contributed by atoms with Crippen LogP contribution in [0.5, 0.6) is 5.75 Å². The Morgan fingerprint density at radius 1 is 1.13 bits per heavy atom. The Bertz CT molecular complexity index is 1480. The quantitative estimate of drug-likeness (QED) is 0.202. The van der Waals surface area contributed by atoms with E-state index in [0.717, 1.165) is 11.1 Å². The van der Waals surface area contributed by atoms with Gasteiger partial charge in [-0.1, -0.05) is 36.4 Å². The van der Waals surface area contributed by atoms with E-state index in [9.17, 15) is 14.9 Å². The summed E-state index contributed by atoms with van der Waals surface area (Å²) in [5.74, 6) is 0.600. The number of carbonyl (C=O) groups excluding carboxylic acids is 1. The summed E-state index contributed by atoms with van der Waals surface area (Å²) >= 11 is 0. The number of aromatic nitrogens is 4. The smallest absolute Gasteiger partial charge is 0.422 e. The summed E-state index contributed by atoms with van der Waals surface area (Å²) in [4.78, 5) is 34.4. The van der Waals surface area contributed by atoms with Crippen molar-refractivity contribution in [3.05, 3.63) is 87.7 Å². The number of nitro benzene ring substituents is 1. The molecule has 0 saturated carbocycles. The fraction of sp³-hybridized carbons (Fsp3) is 0.259. The van der Waals surface area contributed by atoms with Crippen LogP contribution >= 0.6 is 0 Å². The third-order valence-electron chi connectivity index (χ3n) is 5.36. The molecule has 0 radical (unpaired) electrons. The van der Waals surface area contributed by atoms with Gasteiger partial charge in [-0.25, -0.2) is 14.7 Å². The first-order valence-electron chi connectivity index (χ1n) is 12.1. The van der Waals surface area contributed by atoms with E-state index in [1.54, 1.807) is 46.8 Å². The van der Waals surface area contributed by atoms with E-state index in [1.165, 1.54) is 23.2 Å². The Hall–Kier alpha value is -5.00. The fourth-order valence-electron chi connectivity index (χ4n) is 3.51. The highest BCUT2D eigenvalue weighted by molar-refractivity contribution is 5.95. The zero-order valence-electron chi connectivity index (χ0n) is 22.3. The van der Waals surface area contributed by atoms with Gasteiger partial charge in [0, 0.05) is 23.9 Å². The second-order valence-electron chi connectivity index (χ2n) is 9.76. The molecule has 0 saturated heterocycles. The van der Waals surface area contributed by atoms with Crippen LogP contribution in [0.4, 0.5) is 33.8 Å². The lowest BCUT2D eigenvalue weighted by Crippen LogP contribution is -2.35. The molecule has 2 N–H and O–H groups in total. The predicted octanol–water partition coefficient (Wildman–Crippen LogP) is 6.12. The summed E-state index contributed by atoms with van der Waals surface area (Å²) in [5.41, 5.74) is 1.89. The van der Waals surface area contributed by atoms with Crippen molar-refractivity contribution in [3.8, 4) is 5.75 Å². The maximum atomic E-state index is 13.5. The number of carbonyl (C=O) groups is 1. The Balaban J connectivity index is 1.79. The number of ether oxygens (including phenoxy) is 2. The van der Waals surface area contributed by atoms with E-state index in [2.05, 4.69) is 25.5 Å². The number of non-ortho nitro benzene ring substituents is 1. The van der Waals surface area contributed by atoms with Crippen LogP contribution in [0.3, 0.4) is 0 Å². The second-order valence-corrected chi connectivity index (χ2v) is 9.76. The van der Waals surface area contributed by atoms with Gasteiger partial charge in [0.1, 0.15) is 12.2 Å². The first-order chi connectivity index (χ1) is 18.5. The molecule has 4 rings (SSSR count). The van der Waals surface area contributed by atoms with Gasteiger partial charge in [-0.3, -0.25) is 15.2 Å². The standard InChI is InChI=1S/C27H29N7O5/c1-17-11-12-20(34(36)37)14-21(17)29-25-28-15-22(38-16-19-9-7-6-8-10-19)24(30-25)33(23-13-18(2)31-32-23)26(35)39-27(3,4)5/h6-15H,16H2,1-5H3,(H,31,32)(H,28,29,30). The highest BCUT2D eigenvalue weighted by Gasteiger charge is 2.31. The molecule has 0 aliphatic carbocycles. The monoisotopic (exact) mass is 531 g/mol. The predicted molar refractivity (Wildman–Crippen MR) is 146 cm³/mol. The lowest BCUT2D eigenvalue weighted by atomic mass is 10.2. The van der Waals surface area contributed by atoms with Crippen LogP contribution in [0.1, 0.15) is 37.6 Å². The molecule has 0 atom stereocenters. The van der Waals surface area contributed by atoms with Gasteiger partial charge in [-0.05, 0) is 45.7 Å². The number of hydrogen-bond acceptors (Lipinski definition) is 9. The molecule has 2 aromatic heterocycles. The summed E-state index contributed by atoms with van der Waals surface area (Å²) in [6.07, 6.45) is 0.701. The van der Waals surface area contributed by atoms with Crippen molar-refractivity contribution in [2.45, 2.75) is 46.8 Å². The molecule has 0 unspecified atom stereocenters. The lowest BCUT2D eigenvalue weighted by Gasteiger charge is -2.26. The Morgan fingerprint density at radius 2 is 1.87 bits per heavy atom. The van der Waals surface area contributed by atoms with Crippen molar-refractivity contribution >= 4 is 35.1 Å². The minimum atomic E-state index is -0.806. The average Bonchev–Trinajstić information content (AvgIpc) is 3.30. The number of H-pyrrole nitrogens is 1. The third-order valence-corrected chi connectivity index (χ3v) is 5.36. The molecule has 12 heteroatoms. The zero-order valence-corrected chi connectivity index (χ0v) is 22.3. The molecule has 39 heavy (non-hydrogen) atoms. The van der Waals surface area contributed by atoms with Crippen molar-refractivity contribution in [1.29, 1.82) is 0 Å². The molecule has 0 spiro atoms. The molecule has 1 amide bonds. The van der Waals surface area contributed by atoms with Crippen molar-refractivity contribution in [3.63, 3.8) is 0 Å². The van der Waals surface area contributed by atoms with Crippen LogP contribution in [-0.4, -0.2) is 36.8 Å². The number of nitrogens with one attached hydrogen (secondary N) is 2. The maximum Gasteiger partial charge on any atom is 0.422 e. The topological polar surface area (TPSA) is 148 Å². The van der Waals surface area contributed by atoms with E-state index in [1.807, 2.05) is 30.3 Å². The van der Waals surface area contributed by atoms with Gasteiger partial charge in [0.15, 0.2) is 17.4 Å². The first-order valence-corrected chi connectivity index (χ1v) is 12.1. The zero-order chi connectivity index (χ0) is 28.2. The molecule has 202 valence electrons. The van der Waals surface area contributed by atoms with Gasteiger partial charge in [-0.2, -0.15) is 10.1 Å². The normalized spacial score (nSPS) is 11.1. The van der Waals surface area contributed by atoms with Gasteiger partial charge >= 0.3 is 6.09 Å². The molecule has 0 fully saturated rings. The summed E-state index contributed by atoms with van der Waals surface area (Å²) in [6.45, 7) is 9.05. The van der Waals surface area contributed by atoms with Crippen LogP contribution in [0.15, 0.2) is 60.8 Å². The summed E-state index contributed by atoms with van der Waals surface area (Å²) in [7, 11) is 0. The molecule has 0 aliphatic heterocycles. The fourth-order valence-corrected chi connectivity index (χ4v) is 3.51. The summed E-state index contributed by atoms with van der Waals surface area (Å²) < 4.78 is 11.7. The SMILES string of the molecule is Cc1cc(N(C(=O)OC(C)(C)C)c2nc(Nc3cc([N+](=O)[O-])ccc3C)ncc2OCc2ccccc2)n[nH]1.